The molecule has 12 nitrogen and oxygen atoms in total. The first kappa shape index (κ1) is 38.4. The molecule has 18 heteroatoms. The summed E-state index contributed by atoms with van der Waals surface area (Å²) in [6.07, 6.45) is -7.60. The van der Waals surface area contributed by atoms with Crippen LogP contribution in [0.5, 0.6) is 5.88 Å². The molecule has 1 amide bonds. The number of amides is 1. The van der Waals surface area contributed by atoms with Gasteiger partial charge in [0.25, 0.3) is 0 Å². The summed E-state index contributed by atoms with van der Waals surface area (Å²) in [5, 5.41) is 9.54. The van der Waals surface area contributed by atoms with Crippen LogP contribution in [0.1, 0.15) is 62.0 Å². The maximum Gasteiger partial charge on any atom is 0.416 e. The van der Waals surface area contributed by atoms with E-state index in [0.29, 0.717) is 50.5 Å². The number of rotatable bonds is 10. The zero-order chi connectivity index (χ0) is 38.0. The second-order valence-electron chi connectivity index (χ2n) is 13.1. The van der Waals surface area contributed by atoms with Crippen LogP contribution < -0.4 is 19.4 Å². The highest BCUT2D eigenvalue weighted by Crippen LogP contribution is 2.44. The van der Waals surface area contributed by atoms with E-state index in [9.17, 15) is 41.0 Å². The van der Waals surface area contributed by atoms with E-state index in [2.05, 4.69) is 15.0 Å². The lowest BCUT2D eigenvalue weighted by molar-refractivity contribution is -0.149. The molecular formula is C34H38F6N6O6. The summed E-state index contributed by atoms with van der Waals surface area (Å²) in [6.45, 7) is 5.67. The van der Waals surface area contributed by atoms with Gasteiger partial charge in [-0.05, 0) is 56.5 Å². The molecule has 0 spiro atoms. The van der Waals surface area contributed by atoms with Gasteiger partial charge in [0.2, 0.25) is 11.8 Å². The fourth-order valence-corrected chi connectivity index (χ4v) is 6.00. The van der Waals surface area contributed by atoms with Gasteiger partial charge in [-0.3, -0.25) is 9.69 Å². The van der Waals surface area contributed by atoms with E-state index in [1.807, 2.05) is 4.90 Å². The number of carbonyl (C=O) groups is 2. The minimum atomic E-state index is -5.08. The van der Waals surface area contributed by atoms with Gasteiger partial charge >= 0.3 is 24.4 Å². The third kappa shape index (κ3) is 8.43. The number of pyridine rings is 1. The predicted octanol–water partition coefficient (Wildman–Crippen LogP) is 6.74. The second kappa shape index (κ2) is 15.0. The molecule has 2 atom stereocenters. The lowest BCUT2D eigenvalue weighted by atomic mass is 9.91. The first-order chi connectivity index (χ1) is 24.4. The molecule has 0 saturated carbocycles. The number of alkyl halides is 6. The minimum absolute atomic E-state index is 0.0161. The molecule has 1 N–H and O–H groups in total. The highest BCUT2D eigenvalue weighted by Gasteiger charge is 2.43. The molecule has 4 heterocycles. The van der Waals surface area contributed by atoms with Crippen molar-refractivity contribution in [3.8, 4) is 5.88 Å². The van der Waals surface area contributed by atoms with Crippen molar-refractivity contribution in [2.75, 3.05) is 54.7 Å². The molecule has 1 fully saturated rings. The molecule has 3 aromatic rings. The fourth-order valence-electron chi connectivity index (χ4n) is 6.00. The molecule has 0 aliphatic carbocycles. The number of halogens is 6. The van der Waals surface area contributed by atoms with Gasteiger partial charge in [-0.2, -0.15) is 26.3 Å². The molecule has 52 heavy (non-hydrogen) atoms. The number of methoxy groups -OCH3 is 1. The quantitative estimate of drug-likeness (QED) is 0.222. The molecule has 282 valence electrons. The van der Waals surface area contributed by atoms with Crippen LogP contribution in [0.15, 0.2) is 42.7 Å². The summed E-state index contributed by atoms with van der Waals surface area (Å²) >= 11 is 0. The zero-order valence-electron chi connectivity index (χ0n) is 28.8. The third-order valence-electron chi connectivity index (χ3n) is 8.96. The smallest absolute Gasteiger partial charge is 0.416 e. The summed E-state index contributed by atoms with van der Waals surface area (Å²) < 4.78 is 99.8. The average Bonchev–Trinajstić information content (AvgIpc) is 3.11. The summed E-state index contributed by atoms with van der Waals surface area (Å²) in [7, 11) is 1.36. The highest BCUT2D eigenvalue weighted by atomic mass is 19.4. The van der Waals surface area contributed by atoms with Crippen LogP contribution in [0.3, 0.4) is 0 Å². The highest BCUT2D eigenvalue weighted by molar-refractivity contribution is 5.90. The van der Waals surface area contributed by atoms with Gasteiger partial charge in [0, 0.05) is 31.7 Å². The molecular weight excluding hydrogens is 702 g/mol. The summed E-state index contributed by atoms with van der Waals surface area (Å²) in [6, 6.07) is 2.83. The Labute approximate surface area is 295 Å². The zero-order valence-corrected chi connectivity index (χ0v) is 28.8. The largest absolute Gasteiger partial charge is 0.481 e. The van der Waals surface area contributed by atoms with Gasteiger partial charge in [0.05, 0.1) is 72.4 Å². The number of carbonyl (C=O) groups excluding carboxylic acids is 1. The Hall–Kier alpha value is -4.87. The van der Waals surface area contributed by atoms with E-state index in [-0.39, 0.29) is 41.3 Å². The van der Waals surface area contributed by atoms with E-state index < -0.39 is 66.2 Å². The Morgan fingerprint density at radius 3 is 2.15 bits per heavy atom. The second-order valence-corrected chi connectivity index (χ2v) is 13.1. The average molecular weight is 741 g/mol. The number of ether oxygens (including phenoxy) is 3. The van der Waals surface area contributed by atoms with E-state index in [4.69, 9.17) is 14.2 Å². The van der Waals surface area contributed by atoms with E-state index >= 15 is 0 Å². The van der Waals surface area contributed by atoms with Crippen molar-refractivity contribution in [1.29, 1.82) is 0 Å². The number of carboxylic acid groups (broad SMARTS) is 1. The number of carboxylic acids is 1. The van der Waals surface area contributed by atoms with Crippen LogP contribution in [-0.2, 0) is 33.2 Å². The van der Waals surface area contributed by atoms with Crippen molar-refractivity contribution in [3.63, 3.8) is 0 Å². The molecule has 2 aliphatic rings. The number of anilines is 3. The minimum Gasteiger partial charge on any atom is -0.481 e. The number of fused-ring (bicyclic) bond motifs is 1. The monoisotopic (exact) mass is 740 g/mol. The van der Waals surface area contributed by atoms with Crippen LogP contribution in [0.25, 0.3) is 0 Å². The number of hydrogen-bond donors (Lipinski definition) is 1. The lowest BCUT2D eigenvalue weighted by Gasteiger charge is -2.43. The van der Waals surface area contributed by atoms with E-state index in [1.54, 1.807) is 6.92 Å². The molecule has 5 rings (SSSR count). The van der Waals surface area contributed by atoms with Crippen molar-refractivity contribution in [2.24, 2.45) is 5.41 Å². The van der Waals surface area contributed by atoms with Crippen molar-refractivity contribution >= 4 is 29.4 Å². The van der Waals surface area contributed by atoms with Crippen LogP contribution in [0.2, 0.25) is 0 Å². The first-order valence-corrected chi connectivity index (χ1v) is 16.4. The van der Waals surface area contributed by atoms with Crippen LogP contribution in [0, 0.1) is 5.41 Å². The van der Waals surface area contributed by atoms with Crippen molar-refractivity contribution < 1.29 is 55.2 Å². The number of benzene rings is 1. The number of nitrogens with zero attached hydrogens (tertiary/aromatic N) is 6. The predicted molar refractivity (Wildman–Crippen MR) is 175 cm³/mol. The Morgan fingerprint density at radius 2 is 1.62 bits per heavy atom. The van der Waals surface area contributed by atoms with Gasteiger partial charge in [0.1, 0.15) is 6.61 Å². The molecule has 1 aromatic carbocycles. The van der Waals surface area contributed by atoms with Crippen molar-refractivity contribution in [3.05, 3.63) is 65.1 Å². The summed E-state index contributed by atoms with van der Waals surface area (Å²) in [5.74, 6) is -1.09. The molecule has 2 aliphatic heterocycles. The van der Waals surface area contributed by atoms with Gasteiger partial charge < -0.3 is 29.1 Å². The molecule has 0 bridgehead atoms. The summed E-state index contributed by atoms with van der Waals surface area (Å²) in [5.41, 5.74) is -3.64. The van der Waals surface area contributed by atoms with Crippen LogP contribution in [-0.4, -0.2) is 78.2 Å². The topological polar surface area (TPSA) is 130 Å². The Kier molecular flexibility index (Phi) is 11.1. The van der Waals surface area contributed by atoms with Gasteiger partial charge in [-0.25, -0.2) is 19.7 Å². The molecule has 0 unspecified atom stereocenters. The maximum atomic E-state index is 13.9. The van der Waals surface area contributed by atoms with Gasteiger partial charge in [0.15, 0.2) is 0 Å². The SMILES string of the molecule is CC[C@@H]1C[C@H](N(Cc2cc(C(F)(F)F)cc(C(F)(F)F)c2)c2ncc(N3CCOCC3)cn2)c2nc(OC)ccc2N1C(=O)OCC(C)(C)C(=O)O. The third-order valence-corrected chi connectivity index (χ3v) is 8.96. The first-order valence-electron chi connectivity index (χ1n) is 16.4. The number of aromatic nitrogens is 3. The van der Waals surface area contributed by atoms with Crippen LogP contribution in [0.4, 0.5) is 48.5 Å². The fraction of sp³-hybridized carbons (Fsp3) is 0.500. The summed E-state index contributed by atoms with van der Waals surface area (Å²) in [4.78, 5) is 43.7. The van der Waals surface area contributed by atoms with Crippen molar-refractivity contribution in [1.82, 2.24) is 15.0 Å². The number of hydrogen-bond acceptors (Lipinski definition) is 10. The van der Waals surface area contributed by atoms with E-state index in [0.717, 1.165) is 0 Å². The molecule has 1 saturated heterocycles. The standard InChI is InChI=1S/C34H38F6N6O6/c1-5-23-15-26(28-25(6-7-27(43-28)50-4)46(23)31(49)52-19-32(2,3)29(47)48)45(30-41-16-24(17-42-30)44-8-10-51-11-9-44)18-20-12-21(33(35,36)37)14-22(13-20)34(38,39)40/h6-7,12-14,16-17,23,26H,5,8-11,15,18-19H2,1-4H3,(H,47,48)/t23-,26+/m1/s1. The molecule has 2 aromatic heterocycles. The maximum absolute atomic E-state index is 13.9. The number of aliphatic carboxylic acids is 1. The Balaban J connectivity index is 1.63. The Morgan fingerprint density at radius 1 is 1.00 bits per heavy atom. The Bertz CT molecular complexity index is 1720. The van der Waals surface area contributed by atoms with E-state index in [1.165, 1.54) is 55.3 Å². The number of morpholine rings is 1. The van der Waals surface area contributed by atoms with Gasteiger partial charge in [-0.1, -0.05) is 6.92 Å². The normalized spacial score (nSPS) is 18.1. The van der Waals surface area contributed by atoms with Crippen molar-refractivity contribution in [2.45, 2.75) is 64.6 Å². The van der Waals surface area contributed by atoms with Crippen LogP contribution >= 0.6 is 0 Å². The van der Waals surface area contributed by atoms with Gasteiger partial charge in [-0.15, -0.1) is 0 Å². The lowest BCUT2D eigenvalue weighted by Crippen LogP contribution is -2.49. The molecule has 0 radical (unpaired) electrons.